The Bertz CT molecular complexity index is 1450. The van der Waals surface area contributed by atoms with Crippen LogP contribution in [-0.2, 0) is 4.74 Å². The van der Waals surface area contributed by atoms with Gasteiger partial charge in [-0.05, 0) is 42.8 Å². The van der Waals surface area contributed by atoms with Crippen molar-refractivity contribution < 1.29 is 32.1 Å². The molecule has 0 N–H and O–H groups in total. The van der Waals surface area contributed by atoms with Crippen molar-refractivity contribution in [3.05, 3.63) is 75.7 Å². The smallest absolute Gasteiger partial charge is 0.493 e. The molecule has 11 heteroatoms. The van der Waals surface area contributed by atoms with Gasteiger partial charge in [-0.15, -0.1) is 24.5 Å². The number of rotatable bonds is 10. The highest BCUT2D eigenvalue weighted by Gasteiger charge is 2.31. The van der Waals surface area contributed by atoms with Crippen molar-refractivity contribution in [3.63, 3.8) is 0 Å². The van der Waals surface area contributed by atoms with E-state index in [1.165, 1.54) is 35.0 Å². The first kappa shape index (κ1) is 26.2. The number of halogens is 3. The molecule has 0 bridgehead atoms. The number of alkyl halides is 3. The second-order valence-electron chi connectivity index (χ2n) is 7.56. The molecule has 0 aliphatic rings. The van der Waals surface area contributed by atoms with Gasteiger partial charge < -0.3 is 18.9 Å². The molecule has 2 aromatic heterocycles. The Labute approximate surface area is 214 Å². The van der Waals surface area contributed by atoms with Gasteiger partial charge in [-0.25, -0.2) is 4.98 Å². The fourth-order valence-electron chi connectivity index (χ4n) is 3.61. The van der Waals surface area contributed by atoms with E-state index in [1.807, 2.05) is 13.0 Å². The Balaban J connectivity index is 1.75. The minimum Gasteiger partial charge on any atom is -0.493 e. The Kier molecular flexibility index (Phi) is 8.14. The molecule has 0 amide bonds. The highest BCUT2D eigenvalue weighted by Crippen LogP contribution is 2.33. The van der Waals surface area contributed by atoms with E-state index in [-0.39, 0.29) is 16.9 Å². The van der Waals surface area contributed by atoms with Gasteiger partial charge in [-0.1, -0.05) is 24.3 Å². The van der Waals surface area contributed by atoms with Crippen LogP contribution in [0.1, 0.15) is 18.2 Å². The fraction of sp³-hybridized carbons (Fsp3) is 0.231. The summed E-state index contributed by atoms with van der Waals surface area (Å²) in [5.41, 5.74) is 1.30. The predicted molar refractivity (Wildman–Crippen MR) is 135 cm³/mol. The standard InChI is InChI=1S/C26H23F3N2O5S/c1-3-34-14-15-35-23-18(5-4-6-21(23)33-2)9-12-20-22(24(32)31-13-16-37-25(31)30-20)17-7-10-19(11-8-17)36-26(27,28)29/h4-13,16H,3,14-15H2,1-2H3/b12-9+. The molecule has 194 valence electrons. The van der Waals surface area contributed by atoms with Crippen LogP contribution in [0.15, 0.2) is 58.8 Å². The molecule has 4 rings (SSSR count). The second kappa shape index (κ2) is 11.5. The van der Waals surface area contributed by atoms with E-state index in [0.29, 0.717) is 53.1 Å². The number of aromatic nitrogens is 2. The first-order valence-corrected chi connectivity index (χ1v) is 12.1. The number of ether oxygens (including phenoxy) is 4. The third-order valence-electron chi connectivity index (χ3n) is 5.20. The lowest BCUT2D eigenvalue weighted by molar-refractivity contribution is -0.274. The molecule has 0 aliphatic carbocycles. The number of methoxy groups -OCH3 is 1. The number of hydrogen-bond donors (Lipinski definition) is 0. The molecule has 0 spiro atoms. The molecule has 0 saturated heterocycles. The van der Waals surface area contributed by atoms with E-state index in [4.69, 9.17) is 14.2 Å². The SMILES string of the molecule is CCOCCOc1c(/C=C/c2nc3sccn3c(=O)c2-c2ccc(OC(F)(F)F)cc2)cccc1OC. The molecule has 0 atom stereocenters. The zero-order valence-electron chi connectivity index (χ0n) is 19.9. The van der Waals surface area contributed by atoms with E-state index in [2.05, 4.69) is 9.72 Å². The lowest BCUT2D eigenvalue weighted by Crippen LogP contribution is -2.18. The summed E-state index contributed by atoms with van der Waals surface area (Å²) in [5, 5.41) is 1.73. The molecule has 0 aliphatic heterocycles. The van der Waals surface area contributed by atoms with Crippen molar-refractivity contribution >= 4 is 28.4 Å². The minimum absolute atomic E-state index is 0.229. The molecule has 0 fully saturated rings. The summed E-state index contributed by atoms with van der Waals surface area (Å²) in [6.45, 7) is 3.18. The molecule has 7 nitrogen and oxygen atoms in total. The number of nitrogens with zero attached hydrogens (tertiary/aromatic N) is 2. The van der Waals surface area contributed by atoms with E-state index in [9.17, 15) is 18.0 Å². The molecule has 2 aromatic carbocycles. The summed E-state index contributed by atoms with van der Waals surface area (Å²) < 4.78 is 59.8. The Morgan fingerprint density at radius 2 is 1.86 bits per heavy atom. The van der Waals surface area contributed by atoms with E-state index < -0.39 is 6.36 Å². The van der Waals surface area contributed by atoms with Crippen LogP contribution in [0, 0.1) is 0 Å². The predicted octanol–water partition coefficient (Wildman–Crippen LogP) is 5.92. The van der Waals surface area contributed by atoms with Crippen LogP contribution < -0.4 is 19.8 Å². The summed E-state index contributed by atoms with van der Waals surface area (Å²) in [6.07, 6.45) is 0.195. The van der Waals surface area contributed by atoms with Crippen molar-refractivity contribution in [3.8, 4) is 28.4 Å². The molecular weight excluding hydrogens is 509 g/mol. The van der Waals surface area contributed by atoms with Gasteiger partial charge >= 0.3 is 6.36 Å². The molecule has 4 aromatic rings. The number of para-hydroxylation sites is 1. The number of benzene rings is 2. The van der Waals surface area contributed by atoms with Crippen molar-refractivity contribution in [1.82, 2.24) is 9.38 Å². The fourth-order valence-corrected chi connectivity index (χ4v) is 4.32. The van der Waals surface area contributed by atoms with Gasteiger partial charge in [0, 0.05) is 23.7 Å². The van der Waals surface area contributed by atoms with E-state index in [0.717, 1.165) is 12.1 Å². The number of fused-ring (bicyclic) bond motifs is 1. The zero-order chi connectivity index (χ0) is 26.4. The maximum Gasteiger partial charge on any atom is 0.573 e. The lowest BCUT2D eigenvalue weighted by atomic mass is 10.0. The summed E-state index contributed by atoms with van der Waals surface area (Å²) in [6, 6.07) is 10.5. The van der Waals surface area contributed by atoms with Crippen LogP contribution in [0.5, 0.6) is 17.2 Å². The highest BCUT2D eigenvalue weighted by molar-refractivity contribution is 7.15. The first-order chi connectivity index (χ1) is 17.8. The molecule has 0 radical (unpaired) electrons. The van der Waals surface area contributed by atoms with Crippen LogP contribution in [0.25, 0.3) is 28.2 Å². The monoisotopic (exact) mass is 532 g/mol. The van der Waals surface area contributed by atoms with Crippen LogP contribution in [0.4, 0.5) is 13.2 Å². The van der Waals surface area contributed by atoms with Gasteiger partial charge in [0.15, 0.2) is 16.5 Å². The minimum atomic E-state index is -4.81. The average Bonchev–Trinajstić information content (AvgIpc) is 3.34. The van der Waals surface area contributed by atoms with Gasteiger partial charge in [0.2, 0.25) is 0 Å². The topological polar surface area (TPSA) is 71.3 Å². The molecular formula is C26H23F3N2O5S. The third-order valence-corrected chi connectivity index (χ3v) is 5.96. The van der Waals surface area contributed by atoms with Crippen molar-refractivity contribution in [2.45, 2.75) is 13.3 Å². The van der Waals surface area contributed by atoms with E-state index >= 15 is 0 Å². The summed E-state index contributed by atoms with van der Waals surface area (Å²) in [4.78, 5) is 18.4. The van der Waals surface area contributed by atoms with Gasteiger partial charge in [0.25, 0.3) is 5.56 Å². The number of hydrogen-bond acceptors (Lipinski definition) is 7. The maximum atomic E-state index is 13.3. The summed E-state index contributed by atoms with van der Waals surface area (Å²) >= 11 is 1.29. The quantitative estimate of drug-likeness (QED) is 0.236. The lowest BCUT2D eigenvalue weighted by Gasteiger charge is -2.13. The normalized spacial score (nSPS) is 11.8. The summed E-state index contributed by atoms with van der Waals surface area (Å²) in [5.74, 6) is 0.647. The maximum absolute atomic E-state index is 13.3. The third kappa shape index (κ3) is 6.30. The zero-order valence-corrected chi connectivity index (χ0v) is 20.8. The van der Waals surface area contributed by atoms with Crippen LogP contribution in [0.3, 0.4) is 0 Å². The van der Waals surface area contributed by atoms with E-state index in [1.54, 1.807) is 35.9 Å². The second-order valence-corrected chi connectivity index (χ2v) is 8.44. The Morgan fingerprint density at radius 3 is 2.57 bits per heavy atom. The van der Waals surface area contributed by atoms with Gasteiger partial charge in [-0.2, -0.15) is 0 Å². The van der Waals surface area contributed by atoms with Crippen LogP contribution >= 0.6 is 11.3 Å². The van der Waals surface area contributed by atoms with Crippen LogP contribution in [0.2, 0.25) is 0 Å². The molecule has 0 saturated carbocycles. The van der Waals surface area contributed by atoms with Gasteiger partial charge in [0.05, 0.1) is 25.0 Å². The van der Waals surface area contributed by atoms with Gasteiger partial charge in [0.1, 0.15) is 12.4 Å². The molecule has 2 heterocycles. The molecule has 0 unspecified atom stereocenters. The Morgan fingerprint density at radius 1 is 1.08 bits per heavy atom. The Hall–Kier alpha value is -3.83. The van der Waals surface area contributed by atoms with Crippen LogP contribution in [-0.4, -0.2) is 42.7 Å². The van der Waals surface area contributed by atoms with Crippen molar-refractivity contribution in [2.75, 3.05) is 26.9 Å². The summed E-state index contributed by atoms with van der Waals surface area (Å²) in [7, 11) is 1.54. The highest BCUT2D eigenvalue weighted by atomic mass is 32.1. The molecule has 37 heavy (non-hydrogen) atoms. The van der Waals surface area contributed by atoms with Crippen molar-refractivity contribution in [1.29, 1.82) is 0 Å². The first-order valence-electron chi connectivity index (χ1n) is 11.2. The average molecular weight is 533 g/mol. The van der Waals surface area contributed by atoms with Crippen molar-refractivity contribution in [2.24, 2.45) is 0 Å². The number of thiazole rings is 1. The largest absolute Gasteiger partial charge is 0.573 e. The van der Waals surface area contributed by atoms with Gasteiger partial charge in [-0.3, -0.25) is 9.20 Å².